The Hall–Kier alpha value is -2.12. The van der Waals surface area contributed by atoms with Crippen LogP contribution in [-0.2, 0) is 9.47 Å². The molecule has 2 aromatic rings. The number of aromatic hydroxyl groups is 1. The second-order valence-electron chi connectivity index (χ2n) is 8.25. The molecule has 2 heterocycles. The van der Waals surface area contributed by atoms with Crippen LogP contribution in [0.4, 0.5) is 4.79 Å². The third kappa shape index (κ3) is 4.78. The van der Waals surface area contributed by atoms with Crippen LogP contribution in [0.2, 0.25) is 0 Å². The van der Waals surface area contributed by atoms with Crippen LogP contribution in [0.5, 0.6) is 5.19 Å². The summed E-state index contributed by atoms with van der Waals surface area (Å²) in [7, 11) is 1.42. The molecule has 0 radical (unpaired) electrons. The molecule has 1 saturated heterocycles. The van der Waals surface area contributed by atoms with Gasteiger partial charge in [0.15, 0.2) is 0 Å². The minimum absolute atomic E-state index is 0.0515. The Balaban J connectivity index is 1.39. The Morgan fingerprint density at radius 2 is 1.97 bits per heavy atom. The summed E-state index contributed by atoms with van der Waals surface area (Å²) in [6.07, 6.45) is 6.03. The zero-order valence-corrected chi connectivity index (χ0v) is 18.2. The number of piperidine rings is 1. The van der Waals surface area contributed by atoms with Gasteiger partial charge < -0.3 is 19.5 Å². The van der Waals surface area contributed by atoms with Crippen molar-refractivity contribution in [1.29, 1.82) is 0 Å². The van der Waals surface area contributed by atoms with E-state index in [2.05, 4.69) is 35.3 Å². The van der Waals surface area contributed by atoms with Gasteiger partial charge in [-0.1, -0.05) is 41.7 Å². The van der Waals surface area contributed by atoms with E-state index >= 15 is 0 Å². The van der Waals surface area contributed by atoms with Crippen LogP contribution < -0.4 is 0 Å². The molecular weight excluding hydrogens is 400 g/mol. The number of hydrogen-bond acceptors (Lipinski definition) is 6. The van der Waals surface area contributed by atoms with E-state index in [1.54, 1.807) is 4.90 Å². The standard InChI is InChI=1S/C23H30N2O4S/c1-28-23(27)25-13-5-8-19(20-15-30-22(26)24-20)21(25)14-29-18-11-9-17(10-12-18)16-6-3-2-4-7-16/h2-4,6-7,15,17-19,21H,5,8-14H2,1H3,(H,24,26). The lowest BCUT2D eigenvalue weighted by Gasteiger charge is -2.40. The molecule has 30 heavy (non-hydrogen) atoms. The first kappa shape index (κ1) is 21.1. The number of ether oxygens (including phenoxy) is 2. The van der Waals surface area contributed by atoms with Crippen molar-refractivity contribution in [3.05, 3.63) is 47.0 Å². The smallest absolute Gasteiger partial charge is 0.409 e. The highest BCUT2D eigenvalue weighted by Gasteiger charge is 2.38. The van der Waals surface area contributed by atoms with Crippen LogP contribution in [0, 0.1) is 0 Å². The monoisotopic (exact) mass is 430 g/mol. The summed E-state index contributed by atoms with van der Waals surface area (Å²) in [4.78, 5) is 18.5. The van der Waals surface area contributed by atoms with E-state index < -0.39 is 0 Å². The molecule has 7 heteroatoms. The first-order chi connectivity index (χ1) is 14.7. The molecule has 2 aliphatic rings. The first-order valence-corrected chi connectivity index (χ1v) is 11.7. The van der Waals surface area contributed by atoms with Crippen LogP contribution in [0.25, 0.3) is 0 Å². The summed E-state index contributed by atoms with van der Waals surface area (Å²) in [5.74, 6) is 0.661. The van der Waals surface area contributed by atoms with Gasteiger partial charge >= 0.3 is 6.09 Å². The van der Waals surface area contributed by atoms with Crippen LogP contribution in [-0.4, -0.2) is 53.5 Å². The Kier molecular flexibility index (Phi) is 6.89. The SMILES string of the molecule is COC(=O)N1CCCC(c2csc(O)n2)C1COC1CCC(c2ccccc2)CC1. The number of likely N-dealkylation sites (tertiary alicyclic amines) is 1. The van der Waals surface area contributed by atoms with Crippen molar-refractivity contribution in [2.24, 2.45) is 0 Å². The normalized spacial score (nSPS) is 27.0. The fourth-order valence-corrected chi connectivity index (χ4v) is 5.53. The summed E-state index contributed by atoms with van der Waals surface area (Å²) in [6, 6.07) is 10.6. The highest BCUT2D eigenvalue weighted by molar-refractivity contribution is 7.11. The van der Waals surface area contributed by atoms with Crippen molar-refractivity contribution in [1.82, 2.24) is 9.88 Å². The lowest BCUT2D eigenvalue weighted by atomic mass is 9.82. The number of carbonyl (C=O) groups excluding carboxylic acids is 1. The van der Waals surface area contributed by atoms with Crippen LogP contribution in [0.1, 0.15) is 61.6 Å². The van der Waals surface area contributed by atoms with E-state index in [1.165, 1.54) is 24.0 Å². The van der Waals surface area contributed by atoms with Gasteiger partial charge in [-0.15, -0.1) is 0 Å². The third-order valence-corrected chi connectivity index (χ3v) is 7.19. The van der Waals surface area contributed by atoms with Gasteiger partial charge in [-0.3, -0.25) is 0 Å². The van der Waals surface area contributed by atoms with Crippen molar-refractivity contribution < 1.29 is 19.4 Å². The molecule has 162 valence electrons. The Morgan fingerprint density at radius 1 is 1.20 bits per heavy atom. The van der Waals surface area contributed by atoms with Crippen molar-refractivity contribution in [3.8, 4) is 5.19 Å². The van der Waals surface area contributed by atoms with E-state index in [0.717, 1.165) is 44.2 Å². The van der Waals surface area contributed by atoms with Gasteiger partial charge in [-0.25, -0.2) is 9.78 Å². The van der Waals surface area contributed by atoms with Crippen molar-refractivity contribution in [3.63, 3.8) is 0 Å². The molecule has 2 unspecified atom stereocenters. The highest BCUT2D eigenvalue weighted by atomic mass is 32.1. The minimum Gasteiger partial charge on any atom is -0.486 e. The van der Waals surface area contributed by atoms with Gasteiger partial charge in [0.25, 0.3) is 5.19 Å². The topological polar surface area (TPSA) is 71.9 Å². The molecule has 6 nitrogen and oxygen atoms in total. The fourth-order valence-electron chi connectivity index (χ4n) is 4.92. The fraction of sp³-hybridized carbons (Fsp3) is 0.565. The molecule has 1 aliphatic heterocycles. The average Bonchev–Trinajstić information content (AvgIpc) is 3.24. The van der Waals surface area contributed by atoms with Gasteiger partial charge in [0.2, 0.25) is 0 Å². The second kappa shape index (κ2) is 9.79. The molecule has 1 aromatic carbocycles. The van der Waals surface area contributed by atoms with E-state index in [4.69, 9.17) is 9.47 Å². The first-order valence-electron chi connectivity index (χ1n) is 10.8. The quantitative estimate of drug-likeness (QED) is 0.730. The predicted molar refractivity (Wildman–Crippen MR) is 116 cm³/mol. The Labute approximate surface area is 181 Å². The maximum atomic E-state index is 12.4. The molecule has 1 N–H and O–H groups in total. The predicted octanol–water partition coefficient (Wildman–Crippen LogP) is 4.91. The number of thiazole rings is 1. The van der Waals surface area contributed by atoms with E-state index in [1.807, 2.05) is 5.38 Å². The number of amides is 1. The zero-order valence-electron chi connectivity index (χ0n) is 17.4. The zero-order chi connectivity index (χ0) is 20.9. The minimum atomic E-state index is -0.319. The molecule has 2 fully saturated rings. The second-order valence-corrected chi connectivity index (χ2v) is 9.09. The number of nitrogens with zero attached hydrogens (tertiary/aromatic N) is 2. The molecule has 1 saturated carbocycles. The summed E-state index contributed by atoms with van der Waals surface area (Å²) in [5, 5.41) is 11.7. The van der Waals surface area contributed by atoms with Crippen molar-refractivity contribution in [2.45, 2.75) is 62.5 Å². The molecule has 1 aliphatic carbocycles. The summed E-state index contributed by atoms with van der Waals surface area (Å²) in [5.41, 5.74) is 2.26. The summed E-state index contributed by atoms with van der Waals surface area (Å²) >= 11 is 1.23. The maximum absolute atomic E-state index is 12.4. The van der Waals surface area contributed by atoms with Gasteiger partial charge in [-0.2, -0.15) is 0 Å². The Bertz CT molecular complexity index is 820. The average molecular weight is 431 g/mol. The van der Waals surface area contributed by atoms with Gasteiger partial charge in [0.05, 0.1) is 31.6 Å². The molecule has 0 bridgehead atoms. The molecule has 1 aromatic heterocycles. The number of rotatable bonds is 5. The lowest BCUT2D eigenvalue weighted by molar-refractivity contribution is -0.0242. The highest BCUT2D eigenvalue weighted by Crippen LogP contribution is 2.37. The Morgan fingerprint density at radius 3 is 2.63 bits per heavy atom. The molecular formula is C23H30N2O4S. The molecule has 1 amide bonds. The van der Waals surface area contributed by atoms with Crippen LogP contribution in [0.3, 0.4) is 0 Å². The number of methoxy groups -OCH3 is 1. The van der Waals surface area contributed by atoms with E-state index in [0.29, 0.717) is 19.1 Å². The summed E-state index contributed by atoms with van der Waals surface area (Å²) < 4.78 is 11.4. The van der Waals surface area contributed by atoms with E-state index in [-0.39, 0.29) is 29.4 Å². The lowest BCUT2D eigenvalue weighted by Crippen LogP contribution is -2.50. The maximum Gasteiger partial charge on any atom is 0.409 e. The van der Waals surface area contributed by atoms with E-state index in [9.17, 15) is 9.90 Å². The van der Waals surface area contributed by atoms with Gasteiger partial charge in [0.1, 0.15) is 0 Å². The van der Waals surface area contributed by atoms with Crippen LogP contribution >= 0.6 is 11.3 Å². The largest absolute Gasteiger partial charge is 0.486 e. The number of carbonyl (C=O) groups is 1. The number of hydrogen-bond donors (Lipinski definition) is 1. The van der Waals surface area contributed by atoms with Crippen LogP contribution in [0.15, 0.2) is 35.7 Å². The molecule has 2 atom stereocenters. The summed E-state index contributed by atoms with van der Waals surface area (Å²) in [6.45, 7) is 1.13. The number of benzene rings is 1. The van der Waals surface area contributed by atoms with Gasteiger partial charge in [-0.05, 0) is 50.0 Å². The third-order valence-electron chi connectivity index (χ3n) is 6.53. The van der Waals surface area contributed by atoms with Crippen molar-refractivity contribution in [2.75, 3.05) is 20.3 Å². The van der Waals surface area contributed by atoms with Crippen molar-refractivity contribution >= 4 is 17.4 Å². The molecule has 4 rings (SSSR count). The molecule has 0 spiro atoms. The number of aromatic nitrogens is 1. The van der Waals surface area contributed by atoms with Gasteiger partial charge in [0, 0.05) is 17.8 Å².